The molecule has 1 aliphatic heterocycles. The average Bonchev–Trinajstić information content (AvgIpc) is 3.17. The molecule has 6 heteroatoms. The summed E-state index contributed by atoms with van der Waals surface area (Å²) in [6.07, 6.45) is 3.63. The van der Waals surface area contributed by atoms with Gasteiger partial charge in [0.05, 0.1) is 13.4 Å². The van der Waals surface area contributed by atoms with E-state index >= 15 is 0 Å². The minimum atomic E-state index is -1.35. The third-order valence-electron chi connectivity index (χ3n) is 4.76. The quantitative estimate of drug-likeness (QED) is 0.706. The second-order valence-electron chi connectivity index (χ2n) is 6.72. The van der Waals surface area contributed by atoms with Gasteiger partial charge in [-0.25, -0.2) is 0 Å². The van der Waals surface area contributed by atoms with Gasteiger partial charge in [0.1, 0.15) is 11.5 Å². The third-order valence-corrected chi connectivity index (χ3v) is 4.76. The Hall–Kier alpha value is -2.31. The molecule has 140 valence electrons. The Morgan fingerprint density at radius 2 is 2.23 bits per heavy atom. The number of nitrogens with one attached hydrogen (secondary N) is 1. The molecule has 1 fully saturated rings. The molecule has 2 aromatic rings. The first kappa shape index (κ1) is 18.5. The first-order chi connectivity index (χ1) is 12.6. The molecule has 0 unspecified atom stereocenters. The van der Waals surface area contributed by atoms with Crippen molar-refractivity contribution in [3.63, 3.8) is 0 Å². The molecule has 1 aromatic heterocycles. The lowest BCUT2D eigenvalue weighted by Gasteiger charge is -2.38. The summed E-state index contributed by atoms with van der Waals surface area (Å²) in [4.78, 5) is 14.5. The van der Waals surface area contributed by atoms with E-state index in [1.165, 1.54) is 0 Å². The molecular formula is C20H26N2O4. The number of methoxy groups -OCH3 is 1. The maximum absolute atomic E-state index is 12.8. The van der Waals surface area contributed by atoms with Crippen LogP contribution >= 0.6 is 0 Å². The fraction of sp³-hybridized carbons (Fsp3) is 0.450. The fourth-order valence-corrected chi connectivity index (χ4v) is 3.33. The molecule has 0 spiro atoms. The summed E-state index contributed by atoms with van der Waals surface area (Å²) in [5.41, 5.74) is -0.354. The first-order valence-electron chi connectivity index (χ1n) is 8.98. The smallest absolute Gasteiger partial charge is 0.256 e. The Balaban J connectivity index is 1.55. The molecule has 0 saturated carbocycles. The Bertz CT molecular complexity index is 716. The van der Waals surface area contributed by atoms with Crippen molar-refractivity contribution < 1.29 is 19.1 Å². The number of benzene rings is 1. The van der Waals surface area contributed by atoms with Gasteiger partial charge >= 0.3 is 0 Å². The number of carbonyl (C=O) groups is 1. The zero-order valence-electron chi connectivity index (χ0n) is 15.1. The van der Waals surface area contributed by atoms with Crippen LogP contribution in [0.4, 0.5) is 0 Å². The number of rotatable bonds is 8. The van der Waals surface area contributed by atoms with Crippen LogP contribution in [0.3, 0.4) is 0 Å². The molecule has 1 saturated heterocycles. The van der Waals surface area contributed by atoms with Crippen molar-refractivity contribution in [1.29, 1.82) is 0 Å². The maximum Gasteiger partial charge on any atom is 0.256 e. The van der Waals surface area contributed by atoms with E-state index in [0.29, 0.717) is 26.1 Å². The number of furan rings is 1. The van der Waals surface area contributed by atoms with Gasteiger partial charge in [-0.15, -0.1) is 0 Å². The number of hydrogen-bond donors (Lipinski definition) is 2. The van der Waals surface area contributed by atoms with E-state index in [-0.39, 0.29) is 12.5 Å². The van der Waals surface area contributed by atoms with E-state index in [1.807, 2.05) is 36.4 Å². The second-order valence-corrected chi connectivity index (χ2v) is 6.72. The van der Waals surface area contributed by atoms with Gasteiger partial charge in [-0.3, -0.25) is 4.79 Å². The summed E-state index contributed by atoms with van der Waals surface area (Å²) >= 11 is 0. The molecular weight excluding hydrogens is 332 g/mol. The number of amides is 1. The highest BCUT2D eigenvalue weighted by Gasteiger charge is 2.41. The molecule has 2 heterocycles. The van der Waals surface area contributed by atoms with Crippen molar-refractivity contribution >= 4 is 5.91 Å². The summed E-state index contributed by atoms with van der Waals surface area (Å²) in [6.45, 7) is 2.04. The van der Waals surface area contributed by atoms with Crippen molar-refractivity contribution in [3.05, 3.63) is 54.0 Å². The number of hydrogen-bond acceptors (Lipinski definition) is 5. The molecule has 1 aromatic carbocycles. The van der Waals surface area contributed by atoms with Crippen molar-refractivity contribution in [1.82, 2.24) is 10.2 Å². The number of carbonyl (C=O) groups excluding carboxylic acids is 1. The van der Waals surface area contributed by atoms with E-state index in [4.69, 9.17) is 9.15 Å². The van der Waals surface area contributed by atoms with E-state index < -0.39 is 5.60 Å². The van der Waals surface area contributed by atoms with Gasteiger partial charge in [-0.05, 0) is 42.7 Å². The number of aliphatic hydroxyl groups is 1. The summed E-state index contributed by atoms with van der Waals surface area (Å²) < 4.78 is 10.5. The standard InChI is InChI=1S/C20H26N2O4/c1-25-18-6-2-5-16(13-18)14-22-11-4-9-20(24,19(22)23)15-21-10-8-17-7-3-12-26-17/h2-3,5-7,12-13,21,24H,4,8-11,14-15H2,1H3/t20-/m1/s1. The molecule has 3 rings (SSSR count). The van der Waals surface area contributed by atoms with E-state index in [1.54, 1.807) is 18.3 Å². The largest absolute Gasteiger partial charge is 0.497 e. The lowest BCUT2D eigenvalue weighted by molar-refractivity contribution is -0.157. The van der Waals surface area contributed by atoms with Gasteiger partial charge < -0.3 is 24.5 Å². The predicted molar refractivity (Wildman–Crippen MR) is 97.9 cm³/mol. The number of likely N-dealkylation sites (tertiary alicyclic amines) is 1. The van der Waals surface area contributed by atoms with Crippen LogP contribution in [0.1, 0.15) is 24.2 Å². The van der Waals surface area contributed by atoms with E-state index in [2.05, 4.69) is 5.32 Å². The zero-order valence-corrected chi connectivity index (χ0v) is 15.1. The van der Waals surface area contributed by atoms with Crippen LogP contribution in [0.5, 0.6) is 5.75 Å². The highest BCUT2D eigenvalue weighted by Crippen LogP contribution is 2.24. The molecule has 0 aliphatic carbocycles. The van der Waals surface area contributed by atoms with Crippen LogP contribution in [-0.2, 0) is 17.8 Å². The zero-order chi connectivity index (χ0) is 18.4. The highest BCUT2D eigenvalue weighted by molar-refractivity contribution is 5.86. The molecule has 6 nitrogen and oxygen atoms in total. The van der Waals surface area contributed by atoms with Crippen LogP contribution in [0.25, 0.3) is 0 Å². The van der Waals surface area contributed by atoms with Crippen LogP contribution < -0.4 is 10.1 Å². The molecule has 2 N–H and O–H groups in total. The monoisotopic (exact) mass is 358 g/mol. The molecule has 1 aliphatic rings. The summed E-state index contributed by atoms with van der Waals surface area (Å²) in [7, 11) is 1.62. The van der Waals surface area contributed by atoms with Gasteiger partial charge in [-0.1, -0.05) is 12.1 Å². The number of nitrogens with zero attached hydrogens (tertiary/aromatic N) is 1. The normalized spacial score (nSPS) is 20.4. The Morgan fingerprint density at radius 1 is 1.35 bits per heavy atom. The number of ether oxygens (including phenoxy) is 1. The first-order valence-corrected chi connectivity index (χ1v) is 8.98. The van der Waals surface area contributed by atoms with Crippen molar-refractivity contribution in [2.75, 3.05) is 26.7 Å². The van der Waals surface area contributed by atoms with Crippen molar-refractivity contribution in [3.8, 4) is 5.75 Å². The van der Waals surface area contributed by atoms with E-state index in [9.17, 15) is 9.90 Å². The molecule has 1 amide bonds. The van der Waals surface area contributed by atoms with E-state index in [0.717, 1.165) is 29.9 Å². The summed E-state index contributed by atoms with van der Waals surface area (Å²) in [5.74, 6) is 1.44. The fourth-order valence-electron chi connectivity index (χ4n) is 3.33. The van der Waals surface area contributed by atoms with Gasteiger partial charge in [0, 0.05) is 32.6 Å². The average molecular weight is 358 g/mol. The second kappa shape index (κ2) is 8.38. The predicted octanol–water partition coefficient (Wildman–Crippen LogP) is 1.97. The topological polar surface area (TPSA) is 74.9 Å². The lowest BCUT2D eigenvalue weighted by Crippen LogP contribution is -2.57. The molecule has 1 atom stereocenters. The Labute approximate surface area is 153 Å². The Kier molecular flexibility index (Phi) is 5.96. The summed E-state index contributed by atoms with van der Waals surface area (Å²) in [5, 5.41) is 14.0. The highest BCUT2D eigenvalue weighted by atomic mass is 16.5. The third kappa shape index (κ3) is 4.45. The van der Waals surface area contributed by atoms with Crippen LogP contribution in [0, 0.1) is 0 Å². The minimum Gasteiger partial charge on any atom is -0.497 e. The van der Waals surface area contributed by atoms with Crippen LogP contribution in [-0.4, -0.2) is 48.3 Å². The SMILES string of the molecule is COc1cccc(CN2CCC[C@@](O)(CNCCc3ccco3)C2=O)c1. The Morgan fingerprint density at radius 3 is 3.00 bits per heavy atom. The van der Waals surface area contributed by atoms with Crippen LogP contribution in [0.2, 0.25) is 0 Å². The lowest BCUT2D eigenvalue weighted by atomic mass is 9.91. The molecule has 0 radical (unpaired) electrons. The van der Waals surface area contributed by atoms with Crippen LogP contribution in [0.15, 0.2) is 47.1 Å². The maximum atomic E-state index is 12.8. The van der Waals surface area contributed by atoms with Crippen molar-refractivity contribution in [2.45, 2.75) is 31.4 Å². The van der Waals surface area contributed by atoms with Gasteiger partial charge in [0.15, 0.2) is 5.60 Å². The summed E-state index contributed by atoms with van der Waals surface area (Å²) in [6, 6.07) is 11.4. The molecule has 0 bridgehead atoms. The molecule has 26 heavy (non-hydrogen) atoms. The minimum absolute atomic E-state index is 0.211. The van der Waals surface area contributed by atoms with Crippen molar-refractivity contribution in [2.24, 2.45) is 0 Å². The number of piperidine rings is 1. The van der Waals surface area contributed by atoms with Gasteiger partial charge in [0.2, 0.25) is 0 Å². The van der Waals surface area contributed by atoms with Gasteiger partial charge in [-0.2, -0.15) is 0 Å². The van der Waals surface area contributed by atoms with Gasteiger partial charge in [0.25, 0.3) is 5.91 Å².